The number of hydrogen-bond acceptors (Lipinski definition) is 3. The van der Waals surface area contributed by atoms with Crippen LogP contribution in [0.5, 0.6) is 0 Å². The molecular weight excluding hydrogens is 314 g/mol. The molecule has 1 aromatic rings. The van der Waals surface area contributed by atoms with Gasteiger partial charge in [-0.1, -0.05) is 19.3 Å². The number of hydrogen-bond donors (Lipinski definition) is 2. The second-order valence-corrected chi connectivity index (χ2v) is 6.64. The number of alkyl halides is 2. The van der Waals surface area contributed by atoms with E-state index in [1.165, 1.54) is 18.7 Å². The zero-order chi connectivity index (χ0) is 16.7. The van der Waals surface area contributed by atoms with Crippen molar-refractivity contribution in [1.29, 1.82) is 0 Å². The number of anilines is 1. The second-order valence-electron chi connectivity index (χ2n) is 6.64. The summed E-state index contributed by atoms with van der Waals surface area (Å²) >= 11 is 0. The number of aromatic nitrogens is 2. The van der Waals surface area contributed by atoms with Crippen LogP contribution < -0.4 is 10.6 Å². The van der Waals surface area contributed by atoms with Gasteiger partial charge in [0.2, 0.25) is 0 Å². The van der Waals surface area contributed by atoms with E-state index < -0.39 is 6.43 Å². The minimum Gasteiger partial charge on any atom is -0.349 e. The Morgan fingerprint density at radius 3 is 2.71 bits per heavy atom. The van der Waals surface area contributed by atoms with E-state index in [2.05, 4.69) is 15.7 Å². The summed E-state index contributed by atoms with van der Waals surface area (Å²) in [7, 11) is 0. The molecule has 1 aromatic heterocycles. The first-order valence-electron chi connectivity index (χ1n) is 8.51. The third-order valence-corrected chi connectivity index (χ3v) is 4.85. The first-order chi connectivity index (χ1) is 11.6. The fourth-order valence-electron chi connectivity index (χ4n) is 3.39. The number of carbonyl (C=O) groups excluding carboxylic acids is 1. The largest absolute Gasteiger partial charge is 0.349 e. The number of amides is 1. The average molecular weight is 334 g/mol. The number of nitrogens with one attached hydrogen (secondary N) is 2. The van der Waals surface area contributed by atoms with Gasteiger partial charge < -0.3 is 10.6 Å². The first kappa shape index (κ1) is 15.4. The van der Waals surface area contributed by atoms with Crippen LogP contribution in [0.15, 0.2) is 23.5 Å². The van der Waals surface area contributed by atoms with Gasteiger partial charge >= 0.3 is 0 Å². The van der Waals surface area contributed by atoms with Crippen LogP contribution in [-0.4, -0.2) is 28.2 Å². The number of carbonyl (C=O) groups is 1. The molecule has 1 aliphatic heterocycles. The third-order valence-electron chi connectivity index (χ3n) is 4.85. The highest BCUT2D eigenvalue weighted by Gasteiger charge is 2.30. The Labute approximate surface area is 138 Å². The summed E-state index contributed by atoms with van der Waals surface area (Å²) in [6.45, 7) is 0. The molecule has 1 amide bonds. The van der Waals surface area contributed by atoms with Gasteiger partial charge in [-0.3, -0.25) is 4.79 Å². The van der Waals surface area contributed by atoms with Crippen molar-refractivity contribution in [3.63, 3.8) is 0 Å². The Morgan fingerprint density at radius 1 is 1.29 bits per heavy atom. The Kier molecular flexibility index (Phi) is 3.86. The van der Waals surface area contributed by atoms with Gasteiger partial charge in [0.05, 0.1) is 6.20 Å². The summed E-state index contributed by atoms with van der Waals surface area (Å²) in [6.07, 6.45) is 7.37. The SMILES string of the molecule is O=C(NC1CCCCC1)c1cnn2c1NC(=C1CC1)C=C2C(F)F. The van der Waals surface area contributed by atoms with Gasteiger partial charge in [0.1, 0.15) is 17.1 Å². The van der Waals surface area contributed by atoms with Crippen LogP contribution in [0.4, 0.5) is 14.6 Å². The van der Waals surface area contributed by atoms with Crippen molar-refractivity contribution in [3.8, 4) is 0 Å². The predicted molar refractivity (Wildman–Crippen MR) is 86.7 cm³/mol. The zero-order valence-electron chi connectivity index (χ0n) is 13.3. The molecule has 2 fully saturated rings. The average Bonchev–Trinajstić information content (AvgIpc) is 3.34. The van der Waals surface area contributed by atoms with E-state index in [4.69, 9.17) is 0 Å². The minimum atomic E-state index is -2.64. The number of allylic oxidation sites excluding steroid dienone is 3. The lowest BCUT2D eigenvalue weighted by atomic mass is 9.95. The molecule has 4 rings (SSSR count). The zero-order valence-corrected chi connectivity index (χ0v) is 13.3. The molecule has 0 bridgehead atoms. The molecule has 128 valence electrons. The molecule has 2 heterocycles. The Hall–Kier alpha value is -2.18. The van der Waals surface area contributed by atoms with Gasteiger partial charge in [-0.25, -0.2) is 13.5 Å². The van der Waals surface area contributed by atoms with Crippen molar-refractivity contribution in [2.75, 3.05) is 5.32 Å². The highest BCUT2D eigenvalue weighted by Crippen LogP contribution is 2.38. The van der Waals surface area contributed by atoms with E-state index in [0.29, 0.717) is 17.1 Å². The molecule has 24 heavy (non-hydrogen) atoms. The lowest BCUT2D eigenvalue weighted by molar-refractivity contribution is 0.0928. The maximum absolute atomic E-state index is 13.4. The summed E-state index contributed by atoms with van der Waals surface area (Å²) in [5.74, 6) is 0.0989. The lowest BCUT2D eigenvalue weighted by Gasteiger charge is -2.24. The van der Waals surface area contributed by atoms with Crippen molar-refractivity contribution in [2.24, 2.45) is 0 Å². The molecule has 0 atom stereocenters. The minimum absolute atomic E-state index is 0.164. The van der Waals surface area contributed by atoms with Crippen molar-refractivity contribution < 1.29 is 13.6 Å². The van der Waals surface area contributed by atoms with Crippen LogP contribution in [0.2, 0.25) is 0 Å². The Balaban J connectivity index is 1.62. The molecule has 0 saturated heterocycles. The van der Waals surface area contributed by atoms with Gasteiger partial charge in [0.15, 0.2) is 0 Å². The van der Waals surface area contributed by atoms with E-state index >= 15 is 0 Å². The summed E-state index contributed by atoms with van der Waals surface area (Å²) < 4.78 is 27.9. The highest BCUT2D eigenvalue weighted by molar-refractivity contribution is 6.00. The van der Waals surface area contributed by atoms with E-state index in [1.54, 1.807) is 0 Å². The van der Waals surface area contributed by atoms with Crippen LogP contribution in [0, 0.1) is 0 Å². The van der Waals surface area contributed by atoms with E-state index in [1.807, 2.05) is 0 Å². The molecule has 7 heteroatoms. The lowest BCUT2D eigenvalue weighted by Crippen LogP contribution is -2.36. The Bertz CT molecular complexity index is 723. The smallest absolute Gasteiger partial charge is 0.280 e. The highest BCUT2D eigenvalue weighted by atomic mass is 19.3. The molecular formula is C17H20F2N4O. The summed E-state index contributed by atoms with van der Waals surface area (Å²) in [5.41, 5.74) is 1.93. The predicted octanol–water partition coefficient (Wildman–Crippen LogP) is 3.53. The van der Waals surface area contributed by atoms with Crippen LogP contribution >= 0.6 is 0 Å². The van der Waals surface area contributed by atoms with E-state index in [9.17, 15) is 13.6 Å². The summed E-state index contributed by atoms with van der Waals surface area (Å²) in [5, 5.41) is 10.2. The molecule has 2 N–H and O–H groups in total. The molecule has 0 aromatic carbocycles. The van der Waals surface area contributed by atoms with Gasteiger partial charge in [0, 0.05) is 11.7 Å². The van der Waals surface area contributed by atoms with Gasteiger partial charge in [-0.2, -0.15) is 5.10 Å². The van der Waals surface area contributed by atoms with Gasteiger partial charge in [0.25, 0.3) is 12.3 Å². The molecule has 0 radical (unpaired) electrons. The van der Waals surface area contributed by atoms with Crippen LogP contribution in [-0.2, 0) is 0 Å². The normalized spacial score (nSPS) is 20.5. The molecule has 2 aliphatic carbocycles. The van der Waals surface area contributed by atoms with Crippen LogP contribution in [0.1, 0.15) is 55.3 Å². The third kappa shape index (κ3) is 2.83. The maximum Gasteiger partial charge on any atom is 0.280 e. The molecule has 5 nitrogen and oxygen atoms in total. The number of rotatable bonds is 3. The Morgan fingerprint density at radius 2 is 2.04 bits per heavy atom. The second kappa shape index (κ2) is 6.03. The molecule has 2 saturated carbocycles. The monoisotopic (exact) mass is 334 g/mol. The fourth-order valence-corrected chi connectivity index (χ4v) is 3.39. The van der Waals surface area contributed by atoms with Crippen molar-refractivity contribution in [2.45, 2.75) is 57.4 Å². The molecule has 3 aliphatic rings. The van der Waals surface area contributed by atoms with E-state index in [0.717, 1.165) is 48.8 Å². The van der Waals surface area contributed by atoms with E-state index in [-0.39, 0.29) is 17.6 Å². The van der Waals surface area contributed by atoms with Crippen LogP contribution in [0.25, 0.3) is 5.70 Å². The van der Waals surface area contributed by atoms with Crippen molar-refractivity contribution in [1.82, 2.24) is 15.1 Å². The van der Waals surface area contributed by atoms with Gasteiger partial charge in [-0.05, 0) is 37.3 Å². The van der Waals surface area contributed by atoms with Crippen molar-refractivity contribution >= 4 is 17.4 Å². The van der Waals surface area contributed by atoms with Gasteiger partial charge in [-0.15, -0.1) is 0 Å². The first-order valence-corrected chi connectivity index (χ1v) is 8.51. The topological polar surface area (TPSA) is 59.0 Å². The summed E-state index contributed by atoms with van der Waals surface area (Å²) in [4.78, 5) is 12.6. The fraction of sp³-hybridized carbons (Fsp3) is 0.529. The maximum atomic E-state index is 13.4. The standard InChI is InChI=1S/C17H20F2N4O/c18-15(19)14-8-13(10-6-7-10)22-16-12(9-20-23(14)16)17(24)21-11-4-2-1-3-5-11/h8-9,11,15,22H,1-7H2,(H,21,24). The molecule has 0 unspecified atom stereocenters. The van der Waals surface area contributed by atoms with Crippen LogP contribution in [0.3, 0.4) is 0 Å². The molecule has 0 spiro atoms. The van der Waals surface area contributed by atoms with Crippen molar-refractivity contribution in [3.05, 3.63) is 29.1 Å². The number of fused-ring (bicyclic) bond motifs is 1. The number of nitrogens with zero attached hydrogens (tertiary/aromatic N) is 2. The number of halogens is 2. The summed E-state index contributed by atoms with van der Waals surface area (Å²) in [6, 6.07) is 0.164. The quantitative estimate of drug-likeness (QED) is 0.889.